The molecular formula is C17H18BrNO3. The van der Waals surface area contributed by atoms with E-state index in [2.05, 4.69) is 21.2 Å². The van der Waals surface area contributed by atoms with Crippen LogP contribution in [0.3, 0.4) is 0 Å². The van der Waals surface area contributed by atoms with Crippen molar-refractivity contribution in [3.63, 3.8) is 0 Å². The molecule has 5 heteroatoms. The molecule has 0 aliphatic heterocycles. The summed E-state index contributed by atoms with van der Waals surface area (Å²) in [5.74, 6) is 1.36. The predicted molar refractivity (Wildman–Crippen MR) is 89.3 cm³/mol. The summed E-state index contributed by atoms with van der Waals surface area (Å²) in [6.45, 7) is 0.579. The van der Waals surface area contributed by atoms with Crippen molar-refractivity contribution in [2.45, 2.75) is 6.42 Å². The van der Waals surface area contributed by atoms with E-state index in [9.17, 15) is 4.79 Å². The van der Waals surface area contributed by atoms with Gasteiger partial charge >= 0.3 is 0 Å². The number of hydrogen-bond acceptors (Lipinski definition) is 3. The van der Waals surface area contributed by atoms with Gasteiger partial charge in [-0.2, -0.15) is 0 Å². The lowest BCUT2D eigenvalue weighted by molar-refractivity contribution is -0.123. The maximum Gasteiger partial charge on any atom is 0.257 e. The summed E-state index contributed by atoms with van der Waals surface area (Å²) in [6, 6.07) is 15.2. The van der Waals surface area contributed by atoms with Crippen molar-refractivity contribution >= 4 is 21.8 Å². The van der Waals surface area contributed by atoms with Crippen molar-refractivity contribution in [3.8, 4) is 11.5 Å². The van der Waals surface area contributed by atoms with E-state index < -0.39 is 0 Å². The van der Waals surface area contributed by atoms with Crippen LogP contribution in [0.25, 0.3) is 0 Å². The molecule has 0 saturated heterocycles. The molecule has 0 saturated carbocycles. The second-order valence-corrected chi connectivity index (χ2v) is 5.61. The molecule has 0 bridgehead atoms. The molecule has 0 aromatic heterocycles. The third-order valence-corrected chi connectivity index (χ3v) is 3.58. The zero-order valence-electron chi connectivity index (χ0n) is 12.3. The number of benzene rings is 2. The van der Waals surface area contributed by atoms with Crippen LogP contribution in [0, 0.1) is 0 Å². The maximum atomic E-state index is 11.7. The Morgan fingerprint density at radius 2 is 1.91 bits per heavy atom. The minimum Gasteiger partial charge on any atom is -0.497 e. The molecular weight excluding hydrogens is 346 g/mol. The lowest BCUT2D eigenvalue weighted by atomic mass is 10.1. The number of nitrogens with one attached hydrogen (secondary N) is 1. The summed E-state index contributed by atoms with van der Waals surface area (Å²) in [4.78, 5) is 11.7. The van der Waals surface area contributed by atoms with Gasteiger partial charge in [0.15, 0.2) is 6.61 Å². The number of carbonyl (C=O) groups is 1. The Balaban J connectivity index is 1.70. The van der Waals surface area contributed by atoms with Gasteiger partial charge in [0.05, 0.1) is 7.11 Å². The van der Waals surface area contributed by atoms with E-state index in [1.807, 2.05) is 48.5 Å². The lowest BCUT2D eigenvalue weighted by Crippen LogP contribution is -2.30. The van der Waals surface area contributed by atoms with Crippen molar-refractivity contribution in [2.24, 2.45) is 0 Å². The largest absolute Gasteiger partial charge is 0.497 e. The van der Waals surface area contributed by atoms with Gasteiger partial charge in [0.1, 0.15) is 11.5 Å². The van der Waals surface area contributed by atoms with Crippen LogP contribution >= 0.6 is 15.9 Å². The Hall–Kier alpha value is -2.01. The van der Waals surface area contributed by atoms with Crippen LogP contribution in [0.1, 0.15) is 5.56 Å². The normalized spacial score (nSPS) is 10.1. The summed E-state index contributed by atoms with van der Waals surface area (Å²) >= 11 is 3.35. The molecule has 116 valence electrons. The topological polar surface area (TPSA) is 47.6 Å². The van der Waals surface area contributed by atoms with E-state index in [4.69, 9.17) is 9.47 Å². The smallest absolute Gasteiger partial charge is 0.257 e. The Labute approximate surface area is 138 Å². The molecule has 0 radical (unpaired) electrons. The van der Waals surface area contributed by atoms with Gasteiger partial charge in [-0.05, 0) is 48.4 Å². The van der Waals surface area contributed by atoms with Crippen LogP contribution in [-0.2, 0) is 11.2 Å². The highest BCUT2D eigenvalue weighted by Gasteiger charge is 2.03. The average Bonchev–Trinajstić information content (AvgIpc) is 2.54. The highest BCUT2D eigenvalue weighted by molar-refractivity contribution is 9.10. The number of carbonyl (C=O) groups excluding carboxylic acids is 1. The van der Waals surface area contributed by atoms with Crippen LogP contribution < -0.4 is 14.8 Å². The van der Waals surface area contributed by atoms with E-state index in [-0.39, 0.29) is 12.5 Å². The second-order valence-electron chi connectivity index (χ2n) is 4.69. The Morgan fingerprint density at radius 1 is 1.14 bits per heavy atom. The van der Waals surface area contributed by atoms with Crippen LogP contribution in [0.15, 0.2) is 53.0 Å². The summed E-state index contributed by atoms with van der Waals surface area (Å²) < 4.78 is 11.6. The summed E-state index contributed by atoms with van der Waals surface area (Å²) in [5, 5.41) is 2.84. The van der Waals surface area contributed by atoms with Gasteiger partial charge in [-0.25, -0.2) is 0 Å². The molecule has 2 aromatic rings. The minimum absolute atomic E-state index is 0.0136. The van der Waals surface area contributed by atoms with E-state index in [0.717, 1.165) is 22.2 Å². The molecule has 0 spiro atoms. The number of rotatable bonds is 7. The van der Waals surface area contributed by atoms with Crippen LogP contribution in [0.5, 0.6) is 11.5 Å². The molecule has 0 fully saturated rings. The Morgan fingerprint density at radius 3 is 2.64 bits per heavy atom. The zero-order chi connectivity index (χ0) is 15.8. The van der Waals surface area contributed by atoms with Gasteiger partial charge < -0.3 is 14.8 Å². The number of ether oxygens (including phenoxy) is 2. The van der Waals surface area contributed by atoms with Crippen LogP contribution in [-0.4, -0.2) is 26.2 Å². The fraction of sp³-hybridized carbons (Fsp3) is 0.235. The summed E-state index contributed by atoms with van der Waals surface area (Å²) in [6.07, 6.45) is 0.751. The van der Waals surface area contributed by atoms with Crippen molar-refractivity contribution in [1.82, 2.24) is 5.32 Å². The summed E-state index contributed by atoms with van der Waals surface area (Å²) in [5.41, 5.74) is 1.12. The van der Waals surface area contributed by atoms with Gasteiger partial charge in [-0.1, -0.05) is 28.1 Å². The molecule has 4 nitrogen and oxygen atoms in total. The van der Waals surface area contributed by atoms with E-state index in [1.165, 1.54) is 0 Å². The van der Waals surface area contributed by atoms with Gasteiger partial charge in [0, 0.05) is 11.0 Å². The molecule has 1 amide bonds. The predicted octanol–water partition coefficient (Wildman–Crippen LogP) is 3.20. The number of methoxy groups -OCH3 is 1. The Bertz CT molecular complexity index is 614. The number of amides is 1. The Kier molecular flexibility index (Phi) is 6.27. The highest BCUT2D eigenvalue weighted by Crippen LogP contribution is 2.16. The molecule has 0 aliphatic carbocycles. The quantitative estimate of drug-likeness (QED) is 0.821. The van der Waals surface area contributed by atoms with Crippen LogP contribution in [0.2, 0.25) is 0 Å². The molecule has 0 atom stereocenters. The van der Waals surface area contributed by atoms with Gasteiger partial charge in [0.25, 0.3) is 5.91 Å². The average molecular weight is 364 g/mol. The first-order chi connectivity index (χ1) is 10.7. The molecule has 0 unspecified atom stereocenters. The van der Waals surface area contributed by atoms with E-state index >= 15 is 0 Å². The third kappa shape index (κ3) is 5.41. The molecule has 0 heterocycles. The molecule has 2 rings (SSSR count). The third-order valence-electron chi connectivity index (χ3n) is 3.05. The van der Waals surface area contributed by atoms with Crippen molar-refractivity contribution < 1.29 is 14.3 Å². The zero-order valence-corrected chi connectivity index (χ0v) is 13.9. The summed E-state index contributed by atoms with van der Waals surface area (Å²) in [7, 11) is 1.64. The maximum absolute atomic E-state index is 11.7. The SMILES string of the molecule is COc1cccc(CCNC(=O)COc2ccc(Br)cc2)c1. The molecule has 0 aliphatic rings. The van der Waals surface area contributed by atoms with E-state index in [1.54, 1.807) is 7.11 Å². The lowest BCUT2D eigenvalue weighted by Gasteiger charge is -2.08. The molecule has 1 N–H and O–H groups in total. The monoisotopic (exact) mass is 363 g/mol. The van der Waals surface area contributed by atoms with Crippen molar-refractivity contribution in [1.29, 1.82) is 0 Å². The first-order valence-electron chi connectivity index (χ1n) is 6.95. The second kappa shape index (κ2) is 8.44. The van der Waals surface area contributed by atoms with Gasteiger partial charge in [-0.15, -0.1) is 0 Å². The first kappa shape index (κ1) is 16.4. The number of hydrogen-bond donors (Lipinski definition) is 1. The van der Waals surface area contributed by atoms with Crippen molar-refractivity contribution in [3.05, 3.63) is 58.6 Å². The van der Waals surface area contributed by atoms with Gasteiger partial charge in [0.2, 0.25) is 0 Å². The highest BCUT2D eigenvalue weighted by atomic mass is 79.9. The molecule has 2 aromatic carbocycles. The fourth-order valence-corrected chi connectivity index (χ4v) is 2.17. The van der Waals surface area contributed by atoms with E-state index in [0.29, 0.717) is 12.3 Å². The van der Waals surface area contributed by atoms with Crippen LogP contribution in [0.4, 0.5) is 0 Å². The van der Waals surface area contributed by atoms with Crippen molar-refractivity contribution in [2.75, 3.05) is 20.3 Å². The standard InChI is InChI=1S/C17H18BrNO3/c1-21-16-4-2-3-13(11-16)9-10-19-17(20)12-22-15-7-5-14(18)6-8-15/h2-8,11H,9-10,12H2,1H3,(H,19,20). The molecule has 22 heavy (non-hydrogen) atoms. The minimum atomic E-state index is -0.134. The number of halogens is 1. The fourth-order valence-electron chi connectivity index (χ4n) is 1.90. The van der Waals surface area contributed by atoms with Gasteiger partial charge in [-0.3, -0.25) is 4.79 Å². The first-order valence-corrected chi connectivity index (χ1v) is 7.74.